The van der Waals surface area contributed by atoms with Gasteiger partial charge in [-0.1, -0.05) is 11.6 Å². The number of aromatic nitrogens is 2. The number of piperidine rings is 1. The van der Waals surface area contributed by atoms with Gasteiger partial charge in [0, 0.05) is 38.1 Å². The van der Waals surface area contributed by atoms with E-state index in [2.05, 4.69) is 15.3 Å². The zero-order valence-electron chi connectivity index (χ0n) is 13.3. The Morgan fingerprint density at radius 1 is 1.45 bits per heavy atom. The Morgan fingerprint density at radius 2 is 2.18 bits per heavy atom. The lowest BCUT2D eigenvalue weighted by atomic mass is 10.1. The molecule has 1 saturated heterocycles. The molecule has 0 radical (unpaired) electrons. The predicted octanol–water partition coefficient (Wildman–Crippen LogP) is 2.62. The number of ether oxygens (including phenoxy) is 1. The summed E-state index contributed by atoms with van der Waals surface area (Å²) < 4.78 is 5.42. The summed E-state index contributed by atoms with van der Waals surface area (Å²) in [5, 5.41) is 3.80. The van der Waals surface area contributed by atoms with Crippen LogP contribution < -0.4 is 5.32 Å². The molecule has 0 saturated carbocycles. The van der Waals surface area contributed by atoms with Crippen LogP contribution in [-0.2, 0) is 11.3 Å². The lowest BCUT2D eigenvalue weighted by Gasteiger charge is -2.34. The van der Waals surface area contributed by atoms with Crippen molar-refractivity contribution in [3.05, 3.63) is 23.2 Å². The van der Waals surface area contributed by atoms with Crippen LogP contribution in [0.4, 0.5) is 4.79 Å². The number of amides is 1. The zero-order valence-corrected chi connectivity index (χ0v) is 14.1. The summed E-state index contributed by atoms with van der Waals surface area (Å²) in [4.78, 5) is 22.1. The number of likely N-dealkylation sites (tertiary alicyclic amines) is 1. The molecule has 0 aromatic carbocycles. The SMILES string of the molecule is CC(C)(C)OC(=O)N1CCC[C@@H](NCc2nccnc2Cl)C1. The molecule has 1 aromatic heterocycles. The van der Waals surface area contributed by atoms with E-state index < -0.39 is 5.60 Å². The molecule has 1 atom stereocenters. The highest BCUT2D eigenvalue weighted by Crippen LogP contribution is 2.16. The highest BCUT2D eigenvalue weighted by Gasteiger charge is 2.27. The minimum atomic E-state index is -0.468. The number of nitrogens with one attached hydrogen (secondary N) is 1. The fourth-order valence-corrected chi connectivity index (χ4v) is 2.52. The molecule has 2 heterocycles. The van der Waals surface area contributed by atoms with Crippen LogP contribution in [0.1, 0.15) is 39.3 Å². The molecular weight excluding hydrogens is 304 g/mol. The molecule has 0 aliphatic carbocycles. The lowest BCUT2D eigenvalue weighted by molar-refractivity contribution is 0.0187. The van der Waals surface area contributed by atoms with Gasteiger partial charge in [0.25, 0.3) is 0 Å². The van der Waals surface area contributed by atoms with Crippen molar-refractivity contribution in [3.63, 3.8) is 0 Å². The highest BCUT2D eigenvalue weighted by atomic mass is 35.5. The van der Waals surface area contributed by atoms with E-state index in [1.807, 2.05) is 20.8 Å². The quantitative estimate of drug-likeness (QED) is 0.924. The summed E-state index contributed by atoms with van der Waals surface area (Å²) in [6.07, 6.45) is 4.90. The fourth-order valence-electron chi connectivity index (χ4n) is 2.35. The van der Waals surface area contributed by atoms with Crippen LogP contribution >= 0.6 is 11.6 Å². The first-order valence-electron chi connectivity index (χ1n) is 7.52. The van der Waals surface area contributed by atoms with Gasteiger partial charge in [-0.05, 0) is 33.6 Å². The van der Waals surface area contributed by atoms with E-state index in [1.54, 1.807) is 17.3 Å². The van der Waals surface area contributed by atoms with Gasteiger partial charge in [0.05, 0.1) is 5.69 Å². The van der Waals surface area contributed by atoms with Crippen LogP contribution in [0, 0.1) is 0 Å². The molecule has 0 bridgehead atoms. The standard InChI is InChI=1S/C15H23ClN4O2/c1-15(2,3)22-14(21)20-8-4-5-11(10-20)19-9-12-13(16)18-7-6-17-12/h6-7,11,19H,4-5,8-10H2,1-3H3/t11-/m1/s1. The van der Waals surface area contributed by atoms with Crippen molar-refractivity contribution in [2.45, 2.75) is 51.8 Å². The van der Waals surface area contributed by atoms with E-state index in [9.17, 15) is 4.79 Å². The topological polar surface area (TPSA) is 67.3 Å². The van der Waals surface area contributed by atoms with Gasteiger partial charge in [-0.3, -0.25) is 4.98 Å². The highest BCUT2D eigenvalue weighted by molar-refractivity contribution is 6.29. The smallest absolute Gasteiger partial charge is 0.410 e. The molecule has 2 rings (SSSR count). The number of hydrogen-bond donors (Lipinski definition) is 1. The summed E-state index contributed by atoms with van der Waals surface area (Å²) in [6, 6.07) is 0.208. The van der Waals surface area contributed by atoms with Gasteiger partial charge in [0.1, 0.15) is 5.60 Å². The van der Waals surface area contributed by atoms with Gasteiger partial charge in [0.15, 0.2) is 5.15 Å². The van der Waals surface area contributed by atoms with Gasteiger partial charge in [-0.15, -0.1) is 0 Å². The number of hydrogen-bond acceptors (Lipinski definition) is 5. The second-order valence-electron chi connectivity index (χ2n) is 6.44. The number of nitrogens with zero attached hydrogens (tertiary/aromatic N) is 3. The van der Waals surface area contributed by atoms with Gasteiger partial charge in [0.2, 0.25) is 0 Å². The normalized spacial score (nSPS) is 19.1. The molecule has 1 aromatic rings. The van der Waals surface area contributed by atoms with Gasteiger partial charge >= 0.3 is 6.09 Å². The molecule has 22 heavy (non-hydrogen) atoms. The monoisotopic (exact) mass is 326 g/mol. The lowest BCUT2D eigenvalue weighted by Crippen LogP contribution is -2.49. The summed E-state index contributed by atoms with van der Waals surface area (Å²) in [5.74, 6) is 0. The molecule has 1 fully saturated rings. The maximum Gasteiger partial charge on any atom is 0.410 e. The van der Waals surface area contributed by atoms with E-state index in [-0.39, 0.29) is 12.1 Å². The van der Waals surface area contributed by atoms with Gasteiger partial charge < -0.3 is 15.0 Å². The van der Waals surface area contributed by atoms with Crippen molar-refractivity contribution in [2.75, 3.05) is 13.1 Å². The molecule has 6 nitrogen and oxygen atoms in total. The molecule has 122 valence electrons. The largest absolute Gasteiger partial charge is 0.444 e. The van der Waals surface area contributed by atoms with E-state index in [0.717, 1.165) is 25.1 Å². The van der Waals surface area contributed by atoms with Crippen molar-refractivity contribution in [3.8, 4) is 0 Å². The fraction of sp³-hybridized carbons (Fsp3) is 0.667. The zero-order chi connectivity index (χ0) is 16.2. The predicted molar refractivity (Wildman–Crippen MR) is 84.7 cm³/mol. The van der Waals surface area contributed by atoms with Gasteiger partial charge in [-0.25, -0.2) is 9.78 Å². The average molecular weight is 327 g/mol. The third-order valence-electron chi connectivity index (χ3n) is 3.35. The Kier molecular flexibility index (Phi) is 5.58. The molecule has 1 N–H and O–H groups in total. The summed E-state index contributed by atoms with van der Waals surface area (Å²) >= 11 is 6.00. The Bertz CT molecular complexity index is 519. The minimum absolute atomic E-state index is 0.208. The van der Waals surface area contributed by atoms with Gasteiger partial charge in [-0.2, -0.15) is 0 Å². The molecule has 0 unspecified atom stereocenters. The first-order valence-corrected chi connectivity index (χ1v) is 7.89. The molecule has 1 amide bonds. The number of carbonyl (C=O) groups excluding carboxylic acids is 1. The van der Waals surface area contributed by atoms with Crippen molar-refractivity contribution in [2.24, 2.45) is 0 Å². The Labute approximate surface area is 136 Å². The maximum absolute atomic E-state index is 12.1. The Morgan fingerprint density at radius 3 is 2.86 bits per heavy atom. The number of rotatable bonds is 3. The third kappa shape index (κ3) is 5.10. The number of halogens is 1. The maximum atomic E-state index is 12.1. The summed E-state index contributed by atoms with van der Waals surface area (Å²) in [5.41, 5.74) is 0.253. The van der Waals surface area contributed by atoms with Crippen LogP contribution in [0.5, 0.6) is 0 Å². The van der Waals surface area contributed by atoms with E-state index in [1.165, 1.54) is 0 Å². The first kappa shape index (κ1) is 17.0. The molecular formula is C15H23ClN4O2. The molecule has 1 aliphatic heterocycles. The second-order valence-corrected chi connectivity index (χ2v) is 6.80. The van der Waals surface area contributed by atoms with E-state index >= 15 is 0 Å². The van der Waals surface area contributed by atoms with E-state index in [4.69, 9.17) is 16.3 Å². The van der Waals surface area contributed by atoms with Crippen molar-refractivity contribution in [1.82, 2.24) is 20.2 Å². The van der Waals surface area contributed by atoms with Crippen LogP contribution in [0.25, 0.3) is 0 Å². The second kappa shape index (κ2) is 7.24. The van der Waals surface area contributed by atoms with Crippen LogP contribution in [-0.4, -0.2) is 45.7 Å². The van der Waals surface area contributed by atoms with E-state index in [0.29, 0.717) is 18.2 Å². The molecule has 7 heteroatoms. The molecule has 1 aliphatic rings. The van der Waals surface area contributed by atoms with Crippen LogP contribution in [0.3, 0.4) is 0 Å². The average Bonchev–Trinajstić information content (AvgIpc) is 2.45. The van der Waals surface area contributed by atoms with Crippen molar-refractivity contribution < 1.29 is 9.53 Å². The number of carbonyl (C=O) groups is 1. The van der Waals surface area contributed by atoms with Crippen LogP contribution in [0.2, 0.25) is 5.15 Å². The van der Waals surface area contributed by atoms with Crippen molar-refractivity contribution in [1.29, 1.82) is 0 Å². The first-order chi connectivity index (χ1) is 10.3. The summed E-state index contributed by atoms with van der Waals surface area (Å²) in [6.45, 7) is 7.53. The minimum Gasteiger partial charge on any atom is -0.444 e. The van der Waals surface area contributed by atoms with Crippen LogP contribution in [0.15, 0.2) is 12.4 Å². The Balaban J connectivity index is 1.86. The van der Waals surface area contributed by atoms with Crippen molar-refractivity contribution >= 4 is 17.7 Å². The third-order valence-corrected chi connectivity index (χ3v) is 3.67. The Hall–Kier alpha value is -1.40. The molecule has 0 spiro atoms. The summed E-state index contributed by atoms with van der Waals surface area (Å²) in [7, 11) is 0.